The number of hydrogen-bond acceptors (Lipinski definition) is 4. The summed E-state index contributed by atoms with van der Waals surface area (Å²) in [7, 11) is -0.0887. The predicted octanol–water partition coefficient (Wildman–Crippen LogP) is 1.36. The van der Waals surface area contributed by atoms with Crippen LogP contribution >= 0.6 is 0 Å². The van der Waals surface area contributed by atoms with Gasteiger partial charge >= 0.3 is 0 Å². The highest BCUT2D eigenvalue weighted by molar-refractivity contribution is 7.83. The summed E-state index contributed by atoms with van der Waals surface area (Å²) in [6.45, 7) is 5.99. The summed E-state index contributed by atoms with van der Waals surface area (Å²) in [5.41, 5.74) is 3.35. The van der Waals surface area contributed by atoms with Crippen LogP contribution in [-0.2, 0) is 18.0 Å². The molecule has 8 heteroatoms. The molecular formula is C15H25FN4O2S. The van der Waals surface area contributed by atoms with E-state index in [4.69, 9.17) is 0 Å². The second-order valence-corrected chi connectivity index (χ2v) is 7.22. The SMILES string of the molecule is CCC(C)NN1CCC(NS(=O)c2cn(C)c(C=O)c2F)CC1. The van der Waals surface area contributed by atoms with Crippen LogP contribution in [0.2, 0.25) is 0 Å². The van der Waals surface area contributed by atoms with Crippen LogP contribution in [0.3, 0.4) is 0 Å². The average Bonchev–Trinajstić information content (AvgIpc) is 2.83. The maximum absolute atomic E-state index is 14.0. The molecule has 0 spiro atoms. The molecule has 0 radical (unpaired) electrons. The highest BCUT2D eigenvalue weighted by Gasteiger charge is 2.24. The molecule has 2 rings (SSSR count). The van der Waals surface area contributed by atoms with Crippen LogP contribution in [0.4, 0.5) is 4.39 Å². The smallest absolute Gasteiger partial charge is 0.169 e. The van der Waals surface area contributed by atoms with Gasteiger partial charge in [-0.25, -0.2) is 18.3 Å². The minimum atomic E-state index is -1.65. The Hall–Kier alpha value is -1.09. The van der Waals surface area contributed by atoms with Gasteiger partial charge in [0.2, 0.25) is 0 Å². The molecule has 0 saturated carbocycles. The van der Waals surface area contributed by atoms with Crippen molar-refractivity contribution in [1.82, 2.24) is 19.7 Å². The molecule has 23 heavy (non-hydrogen) atoms. The third-order valence-electron chi connectivity index (χ3n) is 4.23. The van der Waals surface area contributed by atoms with E-state index in [1.54, 1.807) is 7.05 Å². The maximum atomic E-state index is 14.0. The monoisotopic (exact) mass is 344 g/mol. The third kappa shape index (κ3) is 4.47. The number of hydrazine groups is 1. The van der Waals surface area contributed by atoms with Crippen molar-refractivity contribution < 1.29 is 13.4 Å². The molecule has 1 aromatic heterocycles. The minimum Gasteiger partial charge on any atom is -0.345 e. The molecule has 2 heterocycles. The lowest BCUT2D eigenvalue weighted by atomic mass is 10.1. The molecule has 2 atom stereocenters. The Labute approximate surface area is 139 Å². The van der Waals surface area contributed by atoms with E-state index in [1.807, 2.05) is 0 Å². The van der Waals surface area contributed by atoms with E-state index >= 15 is 0 Å². The number of rotatable bonds is 7. The van der Waals surface area contributed by atoms with Crippen molar-refractivity contribution in [1.29, 1.82) is 0 Å². The zero-order valence-corrected chi connectivity index (χ0v) is 14.7. The van der Waals surface area contributed by atoms with Crippen molar-refractivity contribution >= 4 is 17.3 Å². The average molecular weight is 344 g/mol. The van der Waals surface area contributed by atoms with Crippen molar-refractivity contribution in [2.45, 2.75) is 50.1 Å². The number of hydrogen-bond donors (Lipinski definition) is 2. The largest absolute Gasteiger partial charge is 0.345 e. The lowest BCUT2D eigenvalue weighted by molar-refractivity contribution is 0.111. The van der Waals surface area contributed by atoms with Gasteiger partial charge in [0.25, 0.3) is 0 Å². The molecule has 2 unspecified atom stereocenters. The van der Waals surface area contributed by atoms with Crippen LogP contribution in [0.15, 0.2) is 11.1 Å². The number of aldehydes is 1. The summed E-state index contributed by atoms with van der Waals surface area (Å²) in [6.07, 6.45) is 4.58. The van der Waals surface area contributed by atoms with Crippen LogP contribution in [-0.4, -0.2) is 45.2 Å². The Morgan fingerprint density at radius 1 is 1.48 bits per heavy atom. The first kappa shape index (κ1) is 18.3. The zero-order valence-electron chi connectivity index (χ0n) is 13.8. The Bertz CT molecular complexity index is 570. The molecule has 1 aromatic rings. The minimum absolute atomic E-state index is 0.0368. The number of nitrogens with zero attached hydrogens (tertiary/aromatic N) is 2. The van der Waals surface area contributed by atoms with Crippen molar-refractivity contribution in [2.75, 3.05) is 13.1 Å². The van der Waals surface area contributed by atoms with Crippen molar-refractivity contribution in [3.8, 4) is 0 Å². The topological polar surface area (TPSA) is 66.4 Å². The van der Waals surface area contributed by atoms with Gasteiger partial charge in [0.05, 0.1) is 0 Å². The summed E-state index contributed by atoms with van der Waals surface area (Å²) >= 11 is 0. The Morgan fingerprint density at radius 2 is 2.13 bits per heavy atom. The zero-order chi connectivity index (χ0) is 17.0. The molecule has 1 aliphatic heterocycles. The summed E-state index contributed by atoms with van der Waals surface area (Å²) in [5.74, 6) is -0.704. The quantitative estimate of drug-likeness (QED) is 0.733. The molecule has 130 valence electrons. The first-order valence-electron chi connectivity index (χ1n) is 7.95. The summed E-state index contributed by atoms with van der Waals surface area (Å²) in [6, 6.07) is 0.513. The highest BCUT2D eigenvalue weighted by Crippen LogP contribution is 2.18. The number of halogens is 1. The molecule has 0 aliphatic carbocycles. The molecular weight excluding hydrogens is 319 g/mol. The molecule has 0 bridgehead atoms. The van der Waals surface area contributed by atoms with E-state index in [-0.39, 0.29) is 16.6 Å². The van der Waals surface area contributed by atoms with Crippen LogP contribution in [0.25, 0.3) is 0 Å². The van der Waals surface area contributed by atoms with Gasteiger partial charge < -0.3 is 4.57 Å². The first-order valence-corrected chi connectivity index (χ1v) is 9.10. The Morgan fingerprint density at radius 3 is 2.65 bits per heavy atom. The predicted molar refractivity (Wildman–Crippen MR) is 87.8 cm³/mol. The molecule has 1 saturated heterocycles. The van der Waals surface area contributed by atoms with Gasteiger partial charge in [-0.2, -0.15) is 0 Å². The summed E-state index contributed by atoms with van der Waals surface area (Å²) < 4.78 is 30.7. The fourth-order valence-electron chi connectivity index (χ4n) is 2.59. The first-order chi connectivity index (χ1) is 11.0. The van der Waals surface area contributed by atoms with E-state index in [1.165, 1.54) is 10.8 Å². The number of aromatic nitrogens is 1. The lowest BCUT2D eigenvalue weighted by Gasteiger charge is -2.34. The number of nitrogens with one attached hydrogen (secondary N) is 2. The highest BCUT2D eigenvalue weighted by atomic mass is 32.2. The molecule has 0 aromatic carbocycles. The fraction of sp³-hybridized carbons (Fsp3) is 0.667. The molecule has 1 fully saturated rings. The van der Waals surface area contributed by atoms with Gasteiger partial charge in [-0.3, -0.25) is 10.2 Å². The molecule has 1 aliphatic rings. The van der Waals surface area contributed by atoms with E-state index in [0.717, 1.165) is 32.4 Å². The van der Waals surface area contributed by atoms with E-state index in [2.05, 4.69) is 29.0 Å². The summed E-state index contributed by atoms with van der Waals surface area (Å²) in [4.78, 5) is 10.9. The summed E-state index contributed by atoms with van der Waals surface area (Å²) in [5, 5.41) is 2.18. The van der Waals surface area contributed by atoms with Gasteiger partial charge in [-0.05, 0) is 26.2 Å². The van der Waals surface area contributed by atoms with Crippen molar-refractivity contribution in [3.05, 3.63) is 17.7 Å². The van der Waals surface area contributed by atoms with Gasteiger partial charge in [0.15, 0.2) is 12.1 Å². The Balaban J connectivity index is 1.89. The maximum Gasteiger partial charge on any atom is 0.169 e. The third-order valence-corrected chi connectivity index (χ3v) is 5.46. The van der Waals surface area contributed by atoms with E-state index < -0.39 is 16.8 Å². The number of carbonyl (C=O) groups is 1. The van der Waals surface area contributed by atoms with Gasteiger partial charge in [-0.1, -0.05) is 6.92 Å². The van der Waals surface area contributed by atoms with Crippen LogP contribution < -0.4 is 10.1 Å². The van der Waals surface area contributed by atoms with E-state index in [0.29, 0.717) is 12.3 Å². The van der Waals surface area contributed by atoms with Gasteiger partial charge in [0.1, 0.15) is 21.6 Å². The number of carbonyl (C=O) groups excluding carboxylic acids is 1. The standard InChI is InChI=1S/C15H25FN4O2S/c1-4-11(2)17-20-7-5-12(6-8-20)18-23(22)14-9-19(3)13(10-21)15(14)16/h9-12,17-18H,4-8H2,1-3H3. The van der Waals surface area contributed by atoms with Crippen LogP contribution in [0.1, 0.15) is 43.6 Å². The molecule has 2 N–H and O–H groups in total. The lowest BCUT2D eigenvalue weighted by Crippen LogP contribution is -2.51. The second-order valence-electron chi connectivity index (χ2n) is 6.01. The fourth-order valence-corrected chi connectivity index (χ4v) is 3.78. The molecule has 6 nitrogen and oxygen atoms in total. The number of piperidine rings is 1. The van der Waals surface area contributed by atoms with Crippen LogP contribution in [0, 0.1) is 5.82 Å². The number of aryl methyl sites for hydroxylation is 1. The van der Waals surface area contributed by atoms with Crippen molar-refractivity contribution in [3.63, 3.8) is 0 Å². The molecule has 0 amide bonds. The normalized spacial score (nSPS) is 19.7. The van der Waals surface area contributed by atoms with E-state index in [9.17, 15) is 13.4 Å². The van der Waals surface area contributed by atoms with Crippen LogP contribution in [0.5, 0.6) is 0 Å². The Kier molecular flexibility index (Phi) is 6.46. The van der Waals surface area contributed by atoms with Crippen molar-refractivity contribution in [2.24, 2.45) is 7.05 Å². The van der Waals surface area contributed by atoms with Gasteiger partial charge in [-0.15, -0.1) is 0 Å². The van der Waals surface area contributed by atoms with Gasteiger partial charge in [0, 0.05) is 38.4 Å². The second kappa shape index (κ2) is 8.14.